The number of hydrogen-bond donors (Lipinski definition) is 5. The zero-order chi connectivity index (χ0) is 78.7. The van der Waals surface area contributed by atoms with E-state index in [1.807, 2.05) is 112 Å². The van der Waals surface area contributed by atoms with Gasteiger partial charge >= 0.3 is 36.2 Å². The molecule has 5 N–H and O–H groups in total. The Bertz CT molecular complexity index is 3180. The highest BCUT2D eigenvalue weighted by Gasteiger charge is 2.65. The van der Waals surface area contributed by atoms with Gasteiger partial charge in [-0.25, -0.2) is 19.2 Å². The predicted molar refractivity (Wildman–Crippen MR) is 425 cm³/mol. The van der Waals surface area contributed by atoms with Crippen LogP contribution >= 0.6 is 0 Å². The van der Waals surface area contributed by atoms with Gasteiger partial charge in [-0.1, -0.05) is 287 Å². The predicted octanol–water partition coefficient (Wildman–Crippen LogP) is 21.3. The molecule has 0 radical (unpaired) electrons. The molecular weight excluding hydrogens is 1360 g/mol. The second-order valence-electron chi connectivity index (χ2n) is 37.4. The number of carboxylic acids is 2. The Morgan fingerprint density at radius 1 is 0.365 bits per heavy atom. The third-order valence-corrected chi connectivity index (χ3v) is 42.1. The van der Waals surface area contributed by atoms with E-state index in [2.05, 4.69) is 141 Å². The van der Waals surface area contributed by atoms with Crippen molar-refractivity contribution in [2.24, 2.45) is 11.8 Å². The van der Waals surface area contributed by atoms with Gasteiger partial charge in [-0.2, -0.15) is 0 Å². The second-order valence-corrected chi connectivity index (χ2v) is 53.9. The summed E-state index contributed by atoms with van der Waals surface area (Å²) in [5.41, 5.74) is 3.18. The number of rotatable bonds is 24. The summed E-state index contributed by atoms with van der Waals surface area (Å²) in [6.45, 7) is 48.1. The zero-order valence-electron chi connectivity index (χ0n) is 68.2. The summed E-state index contributed by atoms with van der Waals surface area (Å²) in [4.78, 5) is 103. The number of carbonyl (C=O) groups is 8. The van der Waals surface area contributed by atoms with E-state index in [1.165, 1.54) is 39.0 Å². The van der Waals surface area contributed by atoms with Crippen LogP contribution in [-0.2, 0) is 61.3 Å². The summed E-state index contributed by atoms with van der Waals surface area (Å²) in [6, 6.07) is 25.8. The fourth-order valence-corrected chi connectivity index (χ4v) is 39.6. The minimum atomic E-state index is -2.73. The van der Waals surface area contributed by atoms with Crippen molar-refractivity contribution in [2.75, 3.05) is 0 Å². The highest BCUT2D eigenvalue weighted by atomic mass is 28.4. The molecule has 6 rings (SSSR count). The largest absolute Gasteiger partial charge is 0.502 e. The van der Waals surface area contributed by atoms with Crippen molar-refractivity contribution in [1.82, 2.24) is 16.0 Å². The van der Waals surface area contributed by atoms with Crippen LogP contribution in [0.3, 0.4) is 0 Å². The van der Waals surface area contributed by atoms with Crippen molar-refractivity contribution in [3.8, 4) is 0 Å². The quantitative estimate of drug-likeness (QED) is 0.0413. The molecule has 0 aliphatic heterocycles. The lowest BCUT2D eigenvalue weighted by molar-refractivity contribution is -0.160. The van der Waals surface area contributed by atoms with Gasteiger partial charge in [0.1, 0.15) is 11.6 Å². The normalized spacial score (nSPS) is 17.3. The number of benzene rings is 3. The SMILES string of the molecule is CC(C)(C)[Si](OC(=O)N[C@@H](Cc1ccccc1)C(=O)O)(C1CCCCC1)C(C)(C)C.C[C@H](CC(=O)[C@H](Cc1ccccc1)NC(=O)O[Si](C1CCCCC1)(C(C)(C)C)C(C)(C)C)C(=O)O.C[C@H](CC(=O)[C@H](Cc1ccccc1)NC(=O)O[Si](C1CCCCC1)(C(C)(C)C)C(C)(C)C)C(=O)OC(C)(C)C. The number of carboxylic acid groups (broad SMARTS) is 2. The van der Waals surface area contributed by atoms with E-state index in [0.717, 1.165) is 80.9 Å². The molecule has 584 valence electrons. The molecule has 104 heavy (non-hydrogen) atoms. The molecule has 3 aromatic carbocycles. The Hall–Kier alpha value is -6.13. The number of Topliss-reactive ketones (excluding diaryl/α,β-unsaturated/α-hetero) is 2. The molecule has 3 aliphatic carbocycles. The molecule has 3 fully saturated rings. The number of aliphatic carboxylic acids is 2. The summed E-state index contributed by atoms with van der Waals surface area (Å²) < 4.78 is 25.2. The van der Waals surface area contributed by atoms with Crippen LogP contribution in [0, 0.1) is 11.8 Å². The summed E-state index contributed by atoms with van der Waals surface area (Å²) in [7, 11) is -8.11. The van der Waals surface area contributed by atoms with Crippen LogP contribution in [0.1, 0.15) is 285 Å². The molecule has 3 amide bonds. The summed E-state index contributed by atoms with van der Waals surface area (Å²) >= 11 is 0. The zero-order valence-corrected chi connectivity index (χ0v) is 71.2. The third kappa shape index (κ3) is 25.0. The van der Waals surface area contributed by atoms with Crippen molar-refractivity contribution in [3.63, 3.8) is 0 Å². The number of ketones is 2. The molecule has 0 aromatic heterocycles. The fourth-order valence-electron chi connectivity index (χ4n) is 18.4. The molecule has 3 aromatic rings. The minimum absolute atomic E-state index is 0.0174. The lowest BCUT2D eigenvalue weighted by Crippen LogP contribution is -2.61. The lowest BCUT2D eigenvalue weighted by atomic mass is 9.95. The number of nitrogens with one attached hydrogen (secondary N) is 3. The van der Waals surface area contributed by atoms with Crippen LogP contribution in [0.15, 0.2) is 91.0 Å². The van der Waals surface area contributed by atoms with Crippen molar-refractivity contribution in [1.29, 1.82) is 0 Å². The van der Waals surface area contributed by atoms with Gasteiger partial charge in [0.25, 0.3) is 25.0 Å². The topological polar surface area (TPSA) is 250 Å². The summed E-state index contributed by atoms with van der Waals surface area (Å²) in [5.74, 6) is -4.43. The number of ether oxygens (including phenoxy) is 1. The number of amides is 3. The van der Waals surface area contributed by atoms with Crippen LogP contribution in [0.4, 0.5) is 14.4 Å². The van der Waals surface area contributed by atoms with Crippen molar-refractivity contribution in [3.05, 3.63) is 108 Å². The van der Waals surface area contributed by atoms with Gasteiger partial charge in [-0.3, -0.25) is 19.2 Å². The van der Waals surface area contributed by atoms with Gasteiger partial charge in [0.05, 0.1) is 23.9 Å². The Labute approximate surface area is 629 Å². The highest BCUT2D eigenvalue weighted by molar-refractivity contribution is 6.83. The smallest absolute Gasteiger partial charge is 0.394 e. The van der Waals surface area contributed by atoms with Crippen LogP contribution < -0.4 is 16.0 Å². The van der Waals surface area contributed by atoms with Crippen molar-refractivity contribution < 1.29 is 66.6 Å². The molecule has 0 saturated heterocycles. The van der Waals surface area contributed by atoms with E-state index >= 15 is 0 Å². The first-order chi connectivity index (χ1) is 47.9. The maximum atomic E-state index is 13.8. The Kier molecular flexibility index (Phi) is 33.1. The highest BCUT2D eigenvalue weighted by Crippen LogP contribution is 2.63. The molecule has 0 heterocycles. The van der Waals surface area contributed by atoms with E-state index in [-0.39, 0.29) is 61.1 Å². The molecule has 3 saturated carbocycles. The average Bonchev–Trinajstić information content (AvgIpc) is 0.749. The van der Waals surface area contributed by atoms with E-state index in [4.69, 9.17) is 18.0 Å². The minimum Gasteiger partial charge on any atom is -0.502 e. The molecule has 0 spiro atoms. The molecule has 20 heteroatoms. The Balaban J connectivity index is 0.000000333. The van der Waals surface area contributed by atoms with Gasteiger partial charge in [-0.15, -0.1) is 0 Å². The summed E-state index contributed by atoms with van der Waals surface area (Å²) in [5, 5.41) is 26.4. The van der Waals surface area contributed by atoms with E-state index in [1.54, 1.807) is 6.92 Å². The van der Waals surface area contributed by atoms with Crippen LogP contribution in [0.5, 0.6) is 0 Å². The van der Waals surface area contributed by atoms with Gasteiger partial charge in [0.15, 0.2) is 11.6 Å². The monoisotopic (exact) mass is 1500 g/mol. The van der Waals surface area contributed by atoms with Gasteiger partial charge in [-0.05, 0) is 136 Å². The molecule has 0 unspecified atom stereocenters. The second kappa shape index (κ2) is 38.1. The Morgan fingerprint density at radius 2 is 0.606 bits per heavy atom. The summed E-state index contributed by atoms with van der Waals surface area (Å²) in [6.07, 6.45) is 16.1. The van der Waals surface area contributed by atoms with Gasteiger partial charge < -0.3 is 44.2 Å². The molecular formula is C84H137N3O14Si3. The maximum absolute atomic E-state index is 13.8. The number of hydrogen-bond acceptors (Lipinski definition) is 12. The standard InChI is InChI=1S/C32H53NO5Si.C28H45NO5Si.C24H39NO4Si/c1-23(28(35)37-30(2,3)4)21-27(34)26(22-24-17-13-11-14-18-24)33-29(36)38-39(31(5,6)7,32(8,9)10)25-19-15-12-16-20-25;1-20(25(31)32)18-24(30)23(19-21-14-10-8-11-15-21)29-26(33)34-35(27(2,3)4,28(5,6)7)22-16-12-9-13-17-22;1-23(2,3)30(24(4,5)6,19-15-11-8-12-16-19)29-22(28)25-20(21(26)27)17-18-13-9-7-10-14-18/h11,13-14,17-18,23,25-26H,12,15-16,19-22H2,1-10H3,(H,33,36);8,10-11,14-15,20,22-23H,9,12-13,16-19H2,1-7H3,(H,29,33)(H,31,32);7,9-10,13-14,19-20H,8,11-12,15-17H2,1-6H3,(H,25,28)(H,26,27)/t23-,26+;20-,23+;20-/m110/s1. The maximum Gasteiger partial charge on any atom is 0.394 e. The molecule has 17 nitrogen and oxygen atoms in total. The van der Waals surface area contributed by atoms with E-state index in [9.17, 15) is 48.6 Å². The van der Waals surface area contributed by atoms with Gasteiger partial charge in [0, 0.05) is 19.3 Å². The first-order valence-electron chi connectivity index (χ1n) is 38.8. The van der Waals surface area contributed by atoms with Crippen LogP contribution in [-0.4, -0.2) is 107 Å². The van der Waals surface area contributed by atoms with Crippen molar-refractivity contribution in [2.45, 2.75) is 358 Å². The molecule has 0 bridgehead atoms. The van der Waals surface area contributed by atoms with E-state index in [0.29, 0.717) is 29.5 Å². The molecule has 3 aliphatic rings. The van der Waals surface area contributed by atoms with Crippen molar-refractivity contribution >= 4 is 72.7 Å². The van der Waals surface area contributed by atoms with Crippen LogP contribution in [0.2, 0.25) is 46.9 Å². The van der Waals surface area contributed by atoms with E-state index < -0.39 is 96.7 Å². The Morgan fingerprint density at radius 3 is 0.837 bits per heavy atom. The third-order valence-electron chi connectivity index (χ3n) is 22.0. The van der Waals surface area contributed by atoms with Gasteiger partial charge in [0.2, 0.25) is 0 Å². The number of esters is 1. The average molecular weight is 1500 g/mol. The first kappa shape index (κ1) is 90.3. The molecule has 5 atom stereocenters. The number of carbonyl (C=O) groups excluding carboxylic acids is 6. The lowest BCUT2D eigenvalue weighted by Gasteiger charge is -2.54. The fraction of sp³-hybridized carbons (Fsp3) is 0.690. The first-order valence-corrected chi connectivity index (χ1v) is 44.7. The van der Waals surface area contributed by atoms with Crippen LogP contribution in [0.25, 0.3) is 0 Å².